The molecule has 17 heavy (non-hydrogen) atoms. The Morgan fingerprint density at radius 3 is 2.76 bits per heavy atom. The van der Waals surface area contributed by atoms with Crippen LogP contribution in [0.25, 0.3) is 0 Å². The fraction of sp³-hybridized carbons (Fsp3) is 0.364. The summed E-state index contributed by atoms with van der Waals surface area (Å²) in [6, 6.07) is 5.73. The number of hydrogen-bond donors (Lipinski definition) is 1. The molecule has 92 valence electrons. The minimum atomic E-state index is -4.66. The molecular weight excluding hydrogens is 233 g/mol. The van der Waals surface area contributed by atoms with E-state index in [1.165, 1.54) is 18.2 Å². The Hall–Kier alpha value is -1.72. The lowest BCUT2D eigenvalue weighted by Crippen LogP contribution is -2.17. The first-order chi connectivity index (χ1) is 8.03. The molecule has 1 heterocycles. The molecule has 1 aliphatic heterocycles. The first kappa shape index (κ1) is 11.8. The maximum absolute atomic E-state index is 12.0. The summed E-state index contributed by atoms with van der Waals surface area (Å²) in [6.07, 6.45) is -2.87. The van der Waals surface area contributed by atoms with Crippen LogP contribution in [-0.4, -0.2) is 18.7 Å². The molecule has 1 aromatic rings. The molecule has 1 aromatic carbocycles. The van der Waals surface area contributed by atoms with Crippen LogP contribution in [0.3, 0.4) is 0 Å². The van der Waals surface area contributed by atoms with E-state index >= 15 is 0 Å². The molecule has 0 aromatic heterocycles. The number of rotatable bonds is 2. The summed E-state index contributed by atoms with van der Waals surface area (Å²) in [5, 5.41) is 2.97. The van der Waals surface area contributed by atoms with Gasteiger partial charge in [0.25, 0.3) is 0 Å². The van der Waals surface area contributed by atoms with Crippen molar-refractivity contribution in [3.05, 3.63) is 24.3 Å². The monoisotopic (exact) mass is 244 g/mol. The average Bonchev–Trinajstić information content (AvgIpc) is 2.68. The minimum absolute atomic E-state index is 0.235. The molecule has 0 bridgehead atoms. The van der Waals surface area contributed by atoms with Gasteiger partial charge in [-0.15, -0.1) is 13.2 Å². The van der Waals surface area contributed by atoms with Crippen molar-refractivity contribution < 1.29 is 17.9 Å². The highest BCUT2D eigenvalue weighted by atomic mass is 19.4. The van der Waals surface area contributed by atoms with Crippen LogP contribution in [0.4, 0.5) is 18.9 Å². The van der Waals surface area contributed by atoms with Gasteiger partial charge in [0, 0.05) is 24.7 Å². The van der Waals surface area contributed by atoms with E-state index in [0.717, 1.165) is 25.2 Å². The molecule has 0 saturated carbocycles. The standard InChI is InChI=1S/C11H11F3N2O/c12-11(13,14)17-9-4-1-3-8(7-9)16-10-5-2-6-15-10/h1,3-4,7H,2,5-6H2,(H,15,16). The molecule has 6 heteroatoms. The Bertz CT molecular complexity index is 429. The molecule has 1 aliphatic rings. The number of benzene rings is 1. The molecule has 0 saturated heterocycles. The minimum Gasteiger partial charge on any atom is -0.406 e. The van der Waals surface area contributed by atoms with Gasteiger partial charge in [-0.2, -0.15) is 0 Å². The Balaban J connectivity index is 2.06. The highest BCUT2D eigenvalue weighted by molar-refractivity contribution is 5.96. The van der Waals surface area contributed by atoms with Gasteiger partial charge >= 0.3 is 6.36 Å². The fourth-order valence-corrected chi connectivity index (χ4v) is 1.58. The highest BCUT2D eigenvalue weighted by Gasteiger charge is 2.31. The summed E-state index contributed by atoms with van der Waals surface area (Å²) >= 11 is 0. The lowest BCUT2D eigenvalue weighted by molar-refractivity contribution is -0.274. The number of aliphatic imine (C=N–C) groups is 1. The Kier molecular flexibility index (Phi) is 3.21. The first-order valence-electron chi connectivity index (χ1n) is 5.19. The van der Waals surface area contributed by atoms with Crippen LogP contribution in [0, 0.1) is 0 Å². The van der Waals surface area contributed by atoms with Crippen molar-refractivity contribution in [1.29, 1.82) is 0 Å². The molecule has 1 N–H and O–H groups in total. The van der Waals surface area contributed by atoms with Gasteiger partial charge in [0.15, 0.2) is 0 Å². The van der Waals surface area contributed by atoms with Crippen LogP contribution in [0.5, 0.6) is 5.75 Å². The molecule has 0 unspecified atom stereocenters. The summed E-state index contributed by atoms with van der Waals surface area (Å²) in [5.74, 6) is 0.565. The molecule has 3 nitrogen and oxygen atoms in total. The van der Waals surface area contributed by atoms with Crippen LogP contribution in [-0.2, 0) is 0 Å². The SMILES string of the molecule is FC(F)(F)Oc1cccc(NC2=NCCC2)c1. The van der Waals surface area contributed by atoms with Crippen LogP contribution < -0.4 is 10.1 Å². The summed E-state index contributed by atoms with van der Waals surface area (Å²) in [4.78, 5) is 4.18. The largest absolute Gasteiger partial charge is 0.573 e. The Morgan fingerprint density at radius 1 is 1.29 bits per heavy atom. The summed E-state index contributed by atoms with van der Waals surface area (Å²) in [5.41, 5.74) is 0.549. The van der Waals surface area contributed by atoms with E-state index in [0.29, 0.717) is 5.69 Å². The summed E-state index contributed by atoms with van der Waals surface area (Å²) < 4.78 is 39.9. The van der Waals surface area contributed by atoms with Crippen molar-refractivity contribution in [1.82, 2.24) is 0 Å². The molecular formula is C11H11F3N2O. The Morgan fingerprint density at radius 2 is 2.12 bits per heavy atom. The van der Waals surface area contributed by atoms with Gasteiger partial charge in [0.1, 0.15) is 11.6 Å². The second-order valence-electron chi connectivity index (χ2n) is 3.63. The smallest absolute Gasteiger partial charge is 0.406 e. The Labute approximate surface area is 96.3 Å². The third-order valence-corrected chi connectivity index (χ3v) is 2.23. The van der Waals surface area contributed by atoms with Crippen molar-refractivity contribution in [3.63, 3.8) is 0 Å². The number of alkyl halides is 3. The number of anilines is 1. The van der Waals surface area contributed by atoms with Gasteiger partial charge in [-0.1, -0.05) is 6.07 Å². The molecule has 0 aliphatic carbocycles. The predicted molar refractivity (Wildman–Crippen MR) is 58.3 cm³/mol. The molecule has 0 fully saturated rings. The van der Waals surface area contributed by atoms with Crippen molar-refractivity contribution in [3.8, 4) is 5.75 Å². The van der Waals surface area contributed by atoms with Crippen molar-refractivity contribution in [2.75, 3.05) is 11.9 Å². The average molecular weight is 244 g/mol. The normalized spacial score (nSPS) is 15.6. The number of nitrogens with zero attached hydrogens (tertiary/aromatic N) is 1. The molecule has 0 radical (unpaired) electrons. The molecule has 0 spiro atoms. The maximum Gasteiger partial charge on any atom is 0.573 e. The van der Waals surface area contributed by atoms with E-state index in [1.807, 2.05) is 0 Å². The van der Waals surface area contributed by atoms with E-state index in [2.05, 4.69) is 15.0 Å². The number of hydrogen-bond acceptors (Lipinski definition) is 3. The molecule has 0 amide bonds. The third kappa shape index (κ3) is 3.65. The van der Waals surface area contributed by atoms with Crippen LogP contribution in [0.2, 0.25) is 0 Å². The maximum atomic E-state index is 12.0. The summed E-state index contributed by atoms with van der Waals surface area (Å²) in [6.45, 7) is 0.765. The molecule has 0 atom stereocenters. The van der Waals surface area contributed by atoms with Crippen molar-refractivity contribution in [2.45, 2.75) is 19.2 Å². The summed E-state index contributed by atoms with van der Waals surface area (Å²) in [7, 11) is 0. The second kappa shape index (κ2) is 4.65. The van der Waals surface area contributed by atoms with Crippen LogP contribution in [0.1, 0.15) is 12.8 Å². The van der Waals surface area contributed by atoms with Gasteiger partial charge in [0.05, 0.1) is 0 Å². The van der Waals surface area contributed by atoms with E-state index in [1.54, 1.807) is 6.07 Å². The van der Waals surface area contributed by atoms with Gasteiger partial charge in [-0.05, 0) is 18.6 Å². The lowest BCUT2D eigenvalue weighted by atomic mass is 10.3. The van der Waals surface area contributed by atoms with Gasteiger partial charge < -0.3 is 10.1 Å². The molecule has 2 rings (SSSR count). The first-order valence-corrected chi connectivity index (χ1v) is 5.19. The van der Waals surface area contributed by atoms with Gasteiger partial charge in [0.2, 0.25) is 0 Å². The zero-order chi connectivity index (χ0) is 12.3. The van der Waals surface area contributed by atoms with E-state index < -0.39 is 6.36 Å². The van der Waals surface area contributed by atoms with Gasteiger partial charge in [-0.3, -0.25) is 4.99 Å². The number of halogens is 3. The fourth-order valence-electron chi connectivity index (χ4n) is 1.58. The quantitative estimate of drug-likeness (QED) is 0.866. The third-order valence-electron chi connectivity index (χ3n) is 2.23. The zero-order valence-corrected chi connectivity index (χ0v) is 8.92. The van der Waals surface area contributed by atoms with E-state index in [-0.39, 0.29) is 5.75 Å². The number of amidine groups is 1. The van der Waals surface area contributed by atoms with Crippen LogP contribution in [0.15, 0.2) is 29.3 Å². The van der Waals surface area contributed by atoms with Crippen molar-refractivity contribution >= 4 is 11.5 Å². The lowest BCUT2D eigenvalue weighted by Gasteiger charge is -2.11. The van der Waals surface area contributed by atoms with Crippen LogP contribution >= 0.6 is 0 Å². The highest BCUT2D eigenvalue weighted by Crippen LogP contribution is 2.25. The van der Waals surface area contributed by atoms with E-state index in [9.17, 15) is 13.2 Å². The van der Waals surface area contributed by atoms with Gasteiger partial charge in [-0.25, -0.2) is 0 Å². The topological polar surface area (TPSA) is 33.6 Å². The zero-order valence-electron chi connectivity index (χ0n) is 8.92. The number of ether oxygens (including phenoxy) is 1. The predicted octanol–water partition coefficient (Wildman–Crippen LogP) is 3.19. The second-order valence-corrected chi connectivity index (χ2v) is 3.63. The van der Waals surface area contributed by atoms with Crippen molar-refractivity contribution in [2.24, 2.45) is 4.99 Å². The van der Waals surface area contributed by atoms with E-state index in [4.69, 9.17) is 0 Å². The number of nitrogens with one attached hydrogen (secondary N) is 1.